The molecule has 0 rings (SSSR count). The minimum atomic E-state index is -4.40. The summed E-state index contributed by atoms with van der Waals surface area (Å²) in [6.45, 7) is 6.46. The molecular weight excluding hydrogens is 316 g/mol. The van der Waals surface area contributed by atoms with Crippen molar-refractivity contribution in [1.29, 1.82) is 0 Å². The molecule has 6 heteroatoms. The summed E-state index contributed by atoms with van der Waals surface area (Å²) in [5.41, 5.74) is 0. The van der Waals surface area contributed by atoms with Crippen LogP contribution in [0.4, 0.5) is 0 Å². The van der Waals surface area contributed by atoms with E-state index in [9.17, 15) is 17.8 Å². The van der Waals surface area contributed by atoms with Crippen molar-refractivity contribution in [1.82, 2.24) is 0 Å². The predicted molar refractivity (Wildman–Crippen MR) is 93.0 cm³/mol. The zero-order valence-electron chi connectivity index (χ0n) is 14.9. The molecule has 0 aromatic rings. The molecule has 2 unspecified atom stereocenters. The Labute approximate surface area is 141 Å². The maximum atomic E-state index is 12.0. The van der Waals surface area contributed by atoms with E-state index in [4.69, 9.17) is 4.74 Å². The van der Waals surface area contributed by atoms with E-state index in [0.29, 0.717) is 6.42 Å². The monoisotopic (exact) mass is 350 g/mol. The summed E-state index contributed by atoms with van der Waals surface area (Å²) in [5.74, 6) is -0.552. The van der Waals surface area contributed by atoms with Crippen LogP contribution < -0.4 is 0 Å². The summed E-state index contributed by atoms with van der Waals surface area (Å²) >= 11 is 0. The Hall–Kier alpha value is -0.620. The van der Waals surface area contributed by atoms with Gasteiger partial charge < -0.3 is 4.74 Å². The lowest BCUT2D eigenvalue weighted by Gasteiger charge is -2.17. The summed E-state index contributed by atoms with van der Waals surface area (Å²) in [7, 11) is -4.40. The van der Waals surface area contributed by atoms with E-state index in [1.54, 1.807) is 0 Å². The van der Waals surface area contributed by atoms with Crippen LogP contribution in [0.15, 0.2) is 0 Å². The molecule has 0 radical (unpaired) electrons. The third-order valence-corrected chi connectivity index (χ3v) is 5.34. The Bertz CT molecular complexity index is 405. The Morgan fingerprint density at radius 1 is 0.957 bits per heavy atom. The fourth-order valence-electron chi connectivity index (χ4n) is 2.51. The number of carbonyl (C=O) groups excluding carboxylic acids is 1. The van der Waals surface area contributed by atoms with E-state index in [1.807, 2.05) is 6.92 Å². The molecule has 0 saturated heterocycles. The lowest BCUT2D eigenvalue weighted by molar-refractivity contribution is -0.144. The Kier molecular flexibility index (Phi) is 12.4. The fourth-order valence-corrected chi connectivity index (χ4v) is 3.29. The Balaban J connectivity index is 4.40. The van der Waals surface area contributed by atoms with Crippen LogP contribution >= 0.6 is 0 Å². The number of hydrogen-bond donors (Lipinski definition) is 1. The second-order valence-electron chi connectivity index (χ2n) is 6.25. The molecule has 1 N–H and O–H groups in total. The molecule has 5 nitrogen and oxygen atoms in total. The van der Waals surface area contributed by atoms with Gasteiger partial charge in [0.25, 0.3) is 10.1 Å². The van der Waals surface area contributed by atoms with Crippen LogP contribution in [0.5, 0.6) is 0 Å². The Morgan fingerprint density at radius 2 is 1.57 bits per heavy atom. The summed E-state index contributed by atoms with van der Waals surface area (Å²) < 4.78 is 37.3. The van der Waals surface area contributed by atoms with Crippen molar-refractivity contribution in [2.24, 2.45) is 5.92 Å². The third kappa shape index (κ3) is 10.7. The predicted octanol–water partition coefficient (Wildman–Crippen LogP) is 4.36. The molecule has 0 saturated carbocycles. The minimum absolute atomic E-state index is 0.132. The van der Waals surface area contributed by atoms with Gasteiger partial charge in [-0.2, -0.15) is 8.42 Å². The first-order chi connectivity index (χ1) is 10.9. The lowest BCUT2D eigenvalue weighted by atomic mass is 10.0. The van der Waals surface area contributed by atoms with Gasteiger partial charge in [0.15, 0.2) is 5.25 Å². The molecule has 0 heterocycles. The van der Waals surface area contributed by atoms with Gasteiger partial charge in [-0.3, -0.25) is 9.35 Å². The van der Waals surface area contributed by atoms with Crippen molar-refractivity contribution >= 4 is 16.1 Å². The molecule has 0 aliphatic heterocycles. The maximum Gasteiger partial charge on any atom is 0.326 e. The smallest absolute Gasteiger partial charge is 0.326 e. The number of hydrogen-bond acceptors (Lipinski definition) is 4. The molecule has 23 heavy (non-hydrogen) atoms. The molecule has 0 amide bonds. The number of carbonyl (C=O) groups is 1. The van der Waals surface area contributed by atoms with E-state index in [2.05, 4.69) is 13.8 Å². The van der Waals surface area contributed by atoms with Crippen molar-refractivity contribution in [2.45, 2.75) is 90.2 Å². The number of rotatable bonds is 14. The standard InChI is InChI=1S/C17H34O5S/c1-4-7-9-10-11-13-16(23(19,20)21)17(18)22-14-15(6-3)12-8-5-2/h15-16H,4-14H2,1-3H3,(H,19,20,21). The SMILES string of the molecule is CCCCCCCC(C(=O)OCC(CC)CCCC)S(=O)(=O)O. The van der Waals surface area contributed by atoms with Crippen LogP contribution in [0.1, 0.15) is 85.0 Å². The topological polar surface area (TPSA) is 80.7 Å². The highest BCUT2D eigenvalue weighted by Crippen LogP contribution is 2.17. The molecule has 138 valence electrons. The van der Waals surface area contributed by atoms with Crippen LogP contribution in [-0.4, -0.2) is 30.8 Å². The first-order valence-electron chi connectivity index (χ1n) is 8.99. The highest BCUT2D eigenvalue weighted by Gasteiger charge is 2.32. The van der Waals surface area contributed by atoms with Crippen LogP contribution in [0.2, 0.25) is 0 Å². The molecule has 0 aromatic carbocycles. The largest absolute Gasteiger partial charge is 0.464 e. The highest BCUT2D eigenvalue weighted by atomic mass is 32.2. The molecule has 0 aromatic heterocycles. The second kappa shape index (κ2) is 12.8. The zero-order chi connectivity index (χ0) is 17.7. The third-order valence-electron chi connectivity index (χ3n) is 4.20. The van der Waals surface area contributed by atoms with Gasteiger partial charge in [0.05, 0.1) is 6.61 Å². The second-order valence-corrected chi connectivity index (χ2v) is 7.85. The van der Waals surface area contributed by atoms with Crippen molar-refractivity contribution in [3.63, 3.8) is 0 Å². The van der Waals surface area contributed by atoms with Gasteiger partial charge in [-0.15, -0.1) is 0 Å². The normalized spacial score (nSPS) is 14.4. The van der Waals surface area contributed by atoms with Gasteiger partial charge in [0, 0.05) is 0 Å². The number of ether oxygens (including phenoxy) is 1. The van der Waals surface area contributed by atoms with Gasteiger partial charge >= 0.3 is 5.97 Å². The molecule has 0 spiro atoms. The quantitative estimate of drug-likeness (QED) is 0.286. The molecule has 0 aliphatic rings. The van der Waals surface area contributed by atoms with Crippen molar-refractivity contribution < 1.29 is 22.5 Å². The first-order valence-corrected chi connectivity index (χ1v) is 10.5. The molecule has 0 bridgehead atoms. The lowest BCUT2D eigenvalue weighted by Crippen LogP contribution is -2.32. The van der Waals surface area contributed by atoms with Crippen LogP contribution in [-0.2, 0) is 19.6 Å². The number of esters is 1. The van der Waals surface area contributed by atoms with E-state index >= 15 is 0 Å². The molecule has 2 atom stereocenters. The zero-order valence-corrected chi connectivity index (χ0v) is 15.7. The van der Waals surface area contributed by atoms with Gasteiger partial charge in [0.1, 0.15) is 0 Å². The maximum absolute atomic E-state index is 12.0. The van der Waals surface area contributed by atoms with E-state index in [1.165, 1.54) is 0 Å². The summed E-state index contributed by atoms with van der Waals surface area (Å²) in [6.07, 6.45) is 8.80. The molecular formula is C17H34O5S. The Morgan fingerprint density at radius 3 is 2.09 bits per heavy atom. The van der Waals surface area contributed by atoms with Crippen molar-refractivity contribution in [2.75, 3.05) is 6.61 Å². The van der Waals surface area contributed by atoms with Gasteiger partial charge in [0.2, 0.25) is 0 Å². The van der Waals surface area contributed by atoms with Gasteiger partial charge in [-0.1, -0.05) is 72.1 Å². The van der Waals surface area contributed by atoms with Crippen molar-refractivity contribution in [3.8, 4) is 0 Å². The highest BCUT2D eigenvalue weighted by molar-refractivity contribution is 7.87. The van der Waals surface area contributed by atoms with Crippen LogP contribution in [0.25, 0.3) is 0 Å². The van der Waals surface area contributed by atoms with E-state index in [0.717, 1.165) is 51.4 Å². The molecule has 0 fully saturated rings. The molecule has 0 aliphatic carbocycles. The summed E-state index contributed by atoms with van der Waals surface area (Å²) in [6, 6.07) is 0. The first kappa shape index (κ1) is 22.4. The van der Waals surface area contributed by atoms with Crippen LogP contribution in [0.3, 0.4) is 0 Å². The average Bonchev–Trinajstić information content (AvgIpc) is 2.49. The minimum Gasteiger partial charge on any atom is -0.464 e. The van der Waals surface area contributed by atoms with Crippen molar-refractivity contribution in [3.05, 3.63) is 0 Å². The van der Waals surface area contributed by atoms with Gasteiger partial charge in [-0.25, -0.2) is 0 Å². The average molecular weight is 351 g/mol. The van der Waals surface area contributed by atoms with Crippen LogP contribution in [0, 0.1) is 5.92 Å². The summed E-state index contributed by atoms with van der Waals surface area (Å²) in [4.78, 5) is 12.0. The number of unbranched alkanes of at least 4 members (excludes halogenated alkanes) is 5. The van der Waals surface area contributed by atoms with Gasteiger partial charge in [-0.05, 0) is 18.8 Å². The fraction of sp³-hybridized carbons (Fsp3) is 0.941. The summed E-state index contributed by atoms with van der Waals surface area (Å²) in [5, 5.41) is -1.44. The van der Waals surface area contributed by atoms with E-state index < -0.39 is 21.3 Å². The van der Waals surface area contributed by atoms with E-state index in [-0.39, 0.29) is 18.9 Å².